The molecule has 0 aliphatic rings. The first-order chi connectivity index (χ1) is 14.4. The first kappa shape index (κ1) is 21.4. The number of hydrogen-bond donors (Lipinski definition) is 1. The van der Waals surface area contributed by atoms with E-state index >= 15 is 0 Å². The number of benzene rings is 3. The highest BCUT2D eigenvalue weighted by Crippen LogP contribution is 2.28. The highest BCUT2D eigenvalue weighted by atomic mass is 79.9. The van der Waals surface area contributed by atoms with E-state index in [0.29, 0.717) is 15.8 Å². The number of nitrogens with one attached hydrogen (secondary N) is 1. The van der Waals surface area contributed by atoms with Gasteiger partial charge >= 0.3 is 0 Å². The number of rotatable bonds is 6. The van der Waals surface area contributed by atoms with Crippen LogP contribution in [-0.4, -0.2) is 12.5 Å². The first-order valence-electron chi connectivity index (χ1n) is 9.42. The molecule has 3 aromatic rings. The summed E-state index contributed by atoms with van der Waals surface area (Å²) < 4.78 is 6.34. The van der Waals surface area contributed by atoms with Gasteiger partial charge in [0.1, 0.15) is 5.75 Å². The van der Waals surface area contributed by atoms with Gasteiger partial charge in [-0.05, 0) is 71.2 Å². The third kappa shape index (κ3) is 5.82. The number of aryl methyl sites for hydroxylation is 2. The van der Waals surface area contributed by atoms with E-state index in [9.17, 15) is 10.1 Å². The summed E-state index contributed by atoms with van der Waals surface area (Å²) in [6, 6.07) is 23.1. The van der Waals surface area contributed by atoms with Gasteiger partial charge in [0.05, 0.1) is 16.1 Å². The largest absolute Gasteiger partial charge is 0.483 e. The van der Waals surface area contributed by atoms with Crippen LogP contribution >= 0.6 is 15.9 Å². The van der Waals surface area contributed by atoms with Crippen LogP contribution in [0.15, 0.2) is 71.2 Å². The maximum atomic E-state index is 12.1. The zero-order valence-electron chi connectivity index (χ0n) is 16.8. The van der Waals surface area contributed by atoms with Gasteiger partial charge in [-0.25, -0.2) is 0 Å². The molecule has 150 valence electrons. The molecule has 0 radical (unpaired) electrons. The number of halogens is 1. The molecule has 0 aliphatic carbocycles. The predicted octanol–water partition coefficient (Wildman–Crippen LogP) is 6.15. The van der Waals surface area contributed by atoms with Crippen LogP contribution < -0.4 is 10.1 Å². The molecule has 0 heterocycles. The van der Waals surface area contributed by atoms with Crippen LogP contribution in [-0.2, 0) is 4.79 Å². The summed E-state index contributed by atoms with van der Waals surface area (Å²) in [7, 11) is 0. The SMILES string of the molecule is Cc1ccc(NC(=O)COc2ccc(/C=C(/C#N)c3ccc(C)cc3)cc2Br)cc1. The van der Waals surface area contributed by atoms with E-state index in [4.69, 9.17) is 4.74 Å². The lowest BCUT2D eigenvalue weighted by Crippen LogP contribution is -2.20. The topological polar surface area (TPSA) is 62.1 Å². The fraction of sp³-hybridized carbons (Fsp3) is 0.120. The number of hydrogen-bond acceptors (Lipinski definition) is 3. The van der Waals surface area contributed by atoms with Crippen molar-refractivity contribution in [1.82, 2.24) is 0 Å². The maximum Gasteiger partial charge on any atom is 0.262 e. The molecule has 1 N–H and O–H groups in total. The van der Waals surface area contributed by atoms with E-state index in [1.54, 1.807) is 6.07 Å². The molecule has 0 bridgehead atoms. The number of nitrogens with zero attached hydrogens (tertiary/aromatic N) is 1. The standard InChI is InChI=1S/C25H21BrN2O2/c1-17-3-8-20(9-4-17)21(15-27)13-19-7-12-24(23(26)14-19)30-16-25(29)28-22-10-5-18(2)6-11-22/h3-14H,16H2,1-2H3,(H,28,29)/b21-13-. The Hall–Kier alpha value is -3.36. The minimum absolute atomic E-state index is 0.103. The summed E-state index contributed by atoms with van der Waals surface area (Å²) >= 11 is 3.48. The minimum atomic E-state index is -0.235. The van der Waals surface area contributed by atoms with Gasteiger partial charge in [-0.1, -0.05) is 53.6 Å². The summed E-state index contributed by atoms with van der Waals surface area (Å²) in [6.07, 6.45) is 1.82. The predicted molar refractivity (Wildman–Crippen MR) is 124 cm³/mol. The molecule has 0 saturated carbocycles. The van der Waals surface area contributed by atoms with Gasteiger partial charge in [0, 0.05) is 5.69 Å². The Morgan fingerprint density at radius 2 is 1.67 bits per heavy atom. The Labute approximate surface area is 184 Å². The van der Waals surface area contributed by atoms with E-state index in [-0.39, 0.29) is 12.5 Å². The second-order valence-corrected chi connectivity index (χ2v) is 7.78. The molecule has 4 nitrogen and oxygen atoms in total. The third-order valence-electron chi connectivity index (χ3n) is 4.44. The summed E-state index contributed by atoms with van der Waals surface area (Å²) in [5, 5.41) is 12.3. The fourth-order valence-corrected chi connectivity index (χ4v) is 3.29. The second kappa shape index (κ2) is 9.91. The number of allylic oxidation sites excluding steroid dienone is 1. The molecule has 0 saturated heterocycles. The number of amides is 1. The zero-order valence-corrected chi connectivity index (χ0v) is 18.4. The molecule has 5 heteroatoms. The Kier molecular flexibility index (Phi) is 7.05. The molecule has 0 spiro atoms. The van der Waals surface area contributed by atoms with Crippen LogP contribution in [0.1, 0.15) is 22.3 Å². The average molecular weight is 461 g/mol. The lowest BCUT2D eigenvalue weighted by molar-refractivity contribution is -0.118. The first-order valence-corrected chi connectivity index (χ1v) is 10.2. The van der Waals surface area contributed by atoms with Crippen LogP contribution in [0, 0.1) is 25.2 Å². The van der Waals surface area contributed by atoms with Crippen LogP contribution in [0.2, 0.25) is 0 Å². The summed E-state index contributed by atoms with van der Waals surface area (Å²) in [5.41, 5.74) is 5.31. The van der Waals surface area contributed by atoms with Crippen molar-refractivity contribution in [2.75, 3.05) is 11.9 Å². The number of nitriles is 1. The van der Waals surface area contributed by atoms with Crippen molar-refractivity contribution in [2.24, 2.45) is 0 Å². The second-order valence-electron chi connectivity index (χ2n) is 6.93. The van der Waals surface area contributed by atoms with Crippen LogP contribution in [0.3, 0.4) is 0 Å². The summed E-state index contributed by atoms with van der Waals surface area (Å²) in [4.78, 5) is 12.1. The van der Waals surface area contributed by atoms with Crippen molar-refractivity contribution in [3.63, 3.8) is 0 Å². The number of ether oxygens (including phenoxy) is 1. The Balaban J connectivity index is 1.66. The molecule has 0 fully saturated rings. The van der Waals surface area contributed by atoms with Gasteiger partial charge in [0.15, 0.2) is 6.61 Å². The molecule has 1 amide bonds. The summed E-state index contributed by atoms with van der Waals surface area (Å²) in [6.45, 7) is 3.90. The van der Waals surface area contributed by atoms with Crippen LogP contribution in [0.5, 0.6) is 5.75 Å². The van der Waals surface area contributed by atoms with Crippen LogP contribution in [0.4, 0.5) is 5.69 Å². The van der Waals surface area contributed by atoms with Gasteiger partial charge in [0.25, 0.3) is 5.91 Å². The smallest absolute Gasteiger partial charge is 0.262 e. The van der Waals surface area contributed by atoms with Gasteiger partial charge in [-0.3, -0.25) is 4.79 Å². The number of carbonyl (C=O) groups is 1. The molecule has 3 aromatic carbocycles. The molecule has 30 heavy (non-hydrogen) atoms. The van der Waals surface area contributed by atoms with E-state index in [0.717, 1.165) is 27.9 Å². The van der Waals surface area contributed by atoms with Crippen molar-refractivity contribution in [2.45, 2.75) is 13.8 Å². The Morgan fingerprint density at radius 3 is 2.27 bits per heavy atom. The normalized spacial score (nSPS) is 10.9. The monoisotopic (exact) mass is 460 g/mol. The van der Waals surface area contributed by atoms with Crippen LogP contribution in [0.25, 0.3) is 11.6 Å². The van der Waals surface area contributed by atoms with Gasteiger partial charge in [0.2, 0.25) is 0 Å². The van der Waals surface area contributed by atoms with Crippen molar-refractivity contribution >= 4 is 39.2 Å². The van der Waals surface area contributed by atoms with Crippen molar-refractivity contribution < 1.29 is 9.53 Å². The number of carbonyl (C=O) groups excluding carboxylic acids is 1. The fourth-order valence-electron chi connectivity index (χ4n) is 2.78. The third-order valence-corrected chi connectivity index (χ3v) is 5.06. The molecular weight excluding hydrogens is 440 g/mol. The van der Waals surface area contributed by atoms with E-state index in [1.807, 2.05) is 80.6 Å². The Morgan fingerprint density at radius 1 is 1.03 bits per heavy atom. The van der Waals surface area contributed by atoms with Crippen molar-refractivity contribution in [3.05, 3.63) is 93.5 Å². The molecule has 0 aromatic heterocycles. The average Bonchev–Trinajstić information content (AvgIpc) is 2.74. The summed E-state index contributed by atoms with van der Waals surface area (Å²) in [5.74, 6) is 0.320. The van der Waals surface area contributed by atoms with E-state index in [1.165, 1.54) is 0 Å². The minimum Gasteiger partial charge on any atom is -0.483 e. The van der Waals surface area contributed by atoms with Gasteiger partial charge < -0.3 is 10.1 Å². The van der Waals surface area contributed by atoms with Gasteiger partial charge in [-0.2, -0.15) is 5.26 Å². The highest BCUT2D eigenvalue weighted by Gasteiger charge is 2.08. The maximum absolute atomic E-state index is 12.1. The van der Waals surface area contributed by atoms with Crippen molar-refractivity contribution in [1.29, 1.82) is 5.26 Å². The Bertz CT molecular complexity index is 1110. The highest BCUT2D eigenvalue weighted by molar-refractivity contribution is 9.10. The molecule has 0 unspecified atom stereocenters. The lowest BCUT2D eigenvalue weighted by atomic mass is 10.0. The van der Waals surface area contributed by atoms with E-state index in [2.05, 4.69) is 27.3 Å². The molecule has 3 rings (SSSR count). The molecular formula is C25H21BrN2O2. The van der Waals surface area contributed by atoms with Gasteiger partial charge in [-0.15, -0.1) is 0 Å². The molecule has 0 aliphatic heterocycles. The molecule has 0 atom stereocenters. The quantitative estimate of drug-likeness (QED) is 0.354. The van der Waals surface area contributed by atoms with E-state index < -0.39 is 0 Å². The number of anilines is 1. The zero-order chi connectivity index (χ0) is 21.5. The lowest BCUT2D eigenvalue weighted by Gasteiger charge is -2.10. The van der Waals surface area contributed by atoms with Crippen molar-refractivity contribution in [3.8, 4) is 11.8 Å².